The topological polar surface area (TPSA) is 40.5 Å². The van der Waals surface area contributed by atoms with Gasteiger partial charge in [-0.15, -0.1) is 0 Å². The standard InChI is InChI=1S/C15H22BrO2/c1-15(2,7-5-3-4-6-8-16)12-9-13(17)11-14(18)10-12/h9-10,17-18H,3-8H2,1-2H3. The Balaban J connectivity index is 2.56. The average molecular weight is 314 g/mol. The summed E-state index contributed by atoms with van der Waals surface area (Å²) >= 11 is 3.43. The summed E-state index contributed by atoms with van der Waals surface area (Å²) in [6.45, 7) is 4.29. The van der Waals surface area contributed by atoms with E-state index in [1.807, 2.05) is 0 Å². The first-order valence-corrected chi connectivity index (χ1v) is 7.59. The van der Waals surface area contributed by atoms with Crippen molar-refractivity contribution < 1.29 is 10.2 Å². The van der Waals surface area contributed by atoms with Crippen LogP contribution in [-0.2, 0) is 5.41 Å². The Morgan fingerprint density at radius 2 is 1.61 bits per heavy atom. The van der Waals surface area contributed by atoms with Crippen LogP contribution in [0.1, 0.15) is 51.5 Å². The van der Waals surface area contributed by atoms with E-state index in [0.29, 0.717) is 0 Å². The summed E-state index contributed by atoms with van der Waals surface area (Å²) in [5.74, 6) is 0.0229. The summed E-state index contributed by atoms with van der Waals surface area (Å²) in [6, 6.07) is 5.86. The molecule has 0 fully saturated rings. The molecule has 0 saturated heterocycles. The Hall–Kier alpha value is -0.700. The van der Waals surface area contributed by atoms with E-state index in [0.717, 1.165) is 17.3 Å². The molecule has 0 heterocycles. The molecule has 0 atom stereocenters. The van der Waals surface area contributed by atoms with Crippen molar-refractivity contribution in [3.8, 4) is 11.5 Å². The van der Waals surface area contributed by atoms with Gasteiger partial charge in [-0.05, 0) is 36.0 Å². The van der Waals surface area contributed by atoms with Gasteiger partial charge in [-0.1, -0.05) is 49.0 Å². The molecule has 18 heavy (non-hydrogen) atoms. The predicted molar refractivity (Wildman–Crippen MR) is 78.5 cm³/mol. The van der Waals surface area contributed by atoms with Crippen LogP contribution < -0.4 is 0 Å². The maximum atomic E-state index is 9.48. The molecule has 0 saturated carbocycles. The monoisotopic (exact) mass is 313 g/mol. The number of aromatic hydroxyl groups is 2. The molecule has 2 N–H and O–H groups in total. The second-order valence-corrected chi connectivity index (χ2v) is 6.17. The van der Waals surface area contributed by atoms with Gasteiger partial charge >= 0.3 is 0 Å². The van der Waals surface area contributed by atoms with E-state index in [4.69, 9.17) is 0 Å². The van der Waals surface area contributed by atoms with Crippen molar-refractivity contribution in [2.45, 2.75) is 51.4 Å². The first kappa shape index (κ1) is 15.4. The molecule has 1 aromatic rings. The number of benzene rings is 1. The first-order valence-electron chi connectivity index (χ1n) is 6.47. The third-order valence-corrected chi connectivity index (χ3v) is 3.87. The van der Waals surface area contributed by atoms with Gasteiger partial charge in [0.2, 0.25) is 0 Å². The number of rotatable bonds is 7. The van der Waals surface area contributed by atoms with E-state index in [1.165, 1.54) is 25.7 Å². The van der Waals surface area contributed by atoms with Gasteiger partial charge in [-0.2, -0.15) is 0 Å². The highest BCUT2D eigenvalue weighted by Gasteiger charge is 2.21. The summed E-state index contributed by atoms with van der Waals surface area (Å²) in [5.41, 5.74) is 0.940. The van der Waals surface area contributed by atoms with Gasteiger partial charge < -0.3 is 10.2 Å². The van der Waals surface area contributed by atoms with E-state index >= 15 is 0 Å². The van der Waals surface area contributed by atoms with Gasteiger partial charge in [-0.3, -0.25) is 0 Å². The highest BCUT2D eigenvalue weighted by molar-refractivity contribution is 9.09. The van der Waals surface area contributed by atoms with E-state index in [-0.39, 0.29) is 16.9 Å². The lowest BCUT2D eigenvalue weighted by Gasteiger charge is -2.25. The maximum Gasteiger partial charge on any atom is 0.127 e. The molecule has 101 valence electrons. The molecule has 0 aliphatic heterocycles. The number of phenols is 2. The predicted octanol–water partition coefficient (Wildman–Crippen LogP) is 4.52. The second kappa shape index (κ2) is 7.03. The van der Waals surface area contributed by atoms with Crippen molar-refractivity contribution in [2.24, 2.45) is 0 Å². The zero-order chi connectivity index (χ0) is 13.6. The summed E-state index contributed by atoms with van der Waals surface area (Å²) < 4.78 is 0. The fraction of sp³-hybridized carbons (Fsp3) is 0.600. The van der Waals surface area contributed by atoms with Crippen LogP contribution in [0.4, 0.5) is 0 Å². The lowest BCUT2D eigenvalue weighted by Crippen LogP contribution is -2.16. The fourth-order valence-corrected chi connectivity index (χ4v) is 2.49. The largest absolute Gasteiger partial charge is 0.507 e. The molecule has 2 nitrogen and oxygen atoms in total. The van der Waals surface area contributed by atoms with Gasteiger partial charge in [-0.25, -0.2) is 0 Å². The van der Waals surface area contributed by atoms with E-state index in [9.17, 15) is 10.2 Å². The number of halogens is 1. The Labute approximate surface area is 118 Å². The summed E-state index contributed by atoms with van der Waals surface area (Å²) in [6.07, 6.45) is 5.92. The van der Waals surface area contributed by atoms with Crippen LogP contribution in [0.5, 0.6) is 11.5 Å². The summed E-state index contributed by atoms with van der Waals surface area (Å²) in [5, 5.41) is 20.0. The Morgan fingerprint density at radius 3 is 2.17 bits per heavy atom. The van der Waals surface area contributed by atoms with Crippen molar-refractivity contribution in [3.05, 3.63) is 23.8 Å². The number of unbranched alkanes of at least 4 members (excludes halogenated alkanes) is 3. The lowest BCUT2D eigenvalue weighted by atomic mass is 9.80. The van der Waals surface area contributed by atoms with Gasteiger partial charge in [0.15, 0.2) is 0 Å². The van der Waals surface area contributed by atoms with Gasteiger partial charge in [0.05, 0.1) is 6.07 Å². The van der Waals surface area contributed by atoms with Crippen LogP contribution in [-0.4, -0.2) is 15.5 Å². The third-order valence-electron chi connectivity index (χ3n) is 3.31. The van der Waals surface area contributed by atoms with E-state index in [2.05, 4.69) is 35.8 Å². The molecule has 0 aliphatic rings. The van der Waals surface area contributed by atoms with Crippen LogP contribution in [0, 0.1) is 6.07 Å². The minimum atomic E-state index is -0.0293. The van der Waals surface area contributed by atoms with Crippen LogP contribution in [0.25, 0.3) is 0 Å². The van der Waals surface area contributed by atoms with Crippen molar-refractivity contribution >= 4 is 15.9 Å². The molecule has 3 heteroatoms. The highest BCUT2D eigenvalue weighted by Crippen LogP contribution is 2.33. The van der Waals surface area contributed by atoms with Crippen LogP contribution in [0.3, 0.4) is 0 Å². The van der Waals surface area contributed by atoms with Gasteiger partial charge in [0.1, 0.15) is 11.5 Å². The fourth-order valence-electron chi connectivity index (χ4n) is 2.09. The SMILES string of the molecule is CC(C)(CCCCCCBr)c1cc(O)[c]c(O)c1. The molecule has 0 unspecified atom stereocenters. The molecule has 1 aromatic carbocycles. The first-order chi connectivity index (χ1) is 8.45. The molecule has 0 aliphatic carbocycles. The van der Waals surface area contributed by atoms with Crippen LogP contribution in [0.2, 0.25) is 0 Å². The van der Waals surface area contributed by atoms with E-state index in [1.54, 1.807) is 12.1 Å². The molecule has 0 bridgehead atoms. The minimum Gasteiger partial charge on any atom is -0.507 e. The Morgan fingerprint density at radius 1 is 1.06 bits per heavy atom. The lowest BCUT2D eigenvalue weighted by molar-refractivity contribution is 0.422. The third kappa shape index (κ3) is 4.89. The molecular weight excluding hydrogens is 292 g/mol. The summed E-state index contributed by atoms with van der Waals surface area (Å²) in [4.78, 5) is 0. The molecule has 1 radical (unpaired) electrons. The number of hydrogen-bond acceptors (Lipinski definition) is 2. The maximum absolute atomic E-state index is 9.48. The quantitative estimate of drug-likeness (QED) is 0.574. The second-order valence-electron chi connectivity index (χ2n) is 5.38. The van der Waals surface area contributed by atoms with Crippen molar-refractivity contribution in [3.63, 3.8) is 0 Å². The Bertz CT molecular complexity index is 355. The Kier molecular flexibility index (Phi) is 6.00. The molecule has 0 amide bonds. The zero-order valence-electron chi connectivity index (χ0n) is 11.2. The highest BCUT2D eigenvalue weighted by atomic mass is 79.9. The summed E-state index contributed by atoms with van der Waals surface area (Å²) in [7, 11) is 0. The van der Waals surface area contributed by atoms with Gasteiger partial charge in [0, 0.05) is 5.33 Å². The van der Waals surface area contributed by atoms with Crippen LogP contribution >= 0.6 is 15.9 Å². The number of phenolic OH excluding ortho intramolecular Hbond substituents is 2. The van der Waals surface area contributed by atoms with Crippen molar-refractivity contribution in [2.75, 3.05) is 5.33 Å². The number of alkyl halides is 1. The van der Waals surface area contributed by atoms with Crippen molar-refractivity contribution in [1.29, 1.82) is 0 Å². The average Bonchev–Trinajstić information content (AvgIpc) is 2.27. The minimum absolute atomic E-state index is 0.0114. The molecule has 1 rings (SSSR count). The molecule has 0 aromatic heterocycles. The normalized spacial score (nSPS) is 11.7. The van der Waals surface area contributed by atoms with Gasteiger partial charge in [0.25, 0.3) is 0 Å². The van der Waals surface area contributed by atoms with Crippen molar-refractivity contribution in [1.82, 2.24) is 0 Å². The molecule has 0 spiro atoms. The van der Waals surface area contributed by atoms with E-state index < -0.39 is 0 Å². The molecular formula is C15H22BrO2. The van der Waals surface area contributed by atoms with Crippen LogP contribution in [0.15, 0.2) is 12.1 Å². The smallest absolute Gasteiger partial charge is 0.127 e. The number of hydrogen-bond donors (Lipinski definition) is 2. The zero-order valence-corrected chi connectivity index (χ0v) is 12.8.